The molecule has 0 atom stereocenters. The number of fused-ring (bicyclic) bond motifs is 1. The van der Waals surface area contributed by atoms with Crippen LogP contribution >= 0.6 is 11.3 Å². The zero-order valence-corrected chi connectivity index (χ0v) is 14.0. The second-order valence-electron chi connectivity index (χ2n) is 5.57. The summed E-state index contributed by atoms with van der Waals surface area (Å²) >= 11 is 1.35. The van der Waals surface area contributed by atoms with Gasteiger partial charge >= 0.3 is 0 Å². The molecule has 1 amide bonds. The van der Waals surface area contributed by atoms with Gasteiger partial charge in [-0.25, -0.2) is 4.98 Å². The van der Waals surface area contributed by atoms with Crippen molar-refractivity contribution in [3.63, 3.8) is 0 Å². The average Bonchev–Trinajstić information content (AvgIpc) is 3.29. The molecule has 4 heterocycles. The summed E-state index contributed by atoms with van der Waals surface area (Å²) in [5.74, 6) is 0.339. The van der Waals surface area contributed by atoms with Crippen LogP contribution in [0.3, 0.4) is 0 Å². The minimum Gasteiger partial charge on any atom is -0.366 e. The first-order valence-corrected chi connectivity index (χ1v) is 8.58. The summed E-state index contributed by atoms with van der Waals surface area (Å²) in [4.78, 5) is 23.8. The summed E-state index contributed by atoms with van der Waals surface area (Å²) in [6.07, 6.45) is 5.42. The molecular formula is C18H15N5OS. The molecule has 0 fully saturated rings. The van der Waals surface area contributed by atoms with Gasteiger partial charge in [-0.1, -0.05) is 6.07 Å². The van der Waals surface area contributed by atoms with Gasteiger partial charge in [0, 0.05) is 30.5 Å². The second-order valence-corrected chi connectivity index (χ2v) is 6.48. The number of amides is 1. The predicted molar refractivity (Wildman–Crippen MR) is 99.5 cm³/mol. The highest BCUT2D eigenvalue weighted by Crippen LogP contribution is 2.32. The summed E-state index contributed by atoms with van der Waals surface area (Å²) < 4.78 is 0. The van der Waals surface area contributed by atoms with Crippen LogP contribution in [0.2, 0.25) is 0 Å². The van der Waals surface area contributed by atoms with Crippen LogP contribution in [0.25, 0.3) is 22.2 Å². The van der Waals surface area contributed by atoms with Gasteiger partial charge < -0.3 is 16.0 Å². The molecule has 4 N–H and O–H groups in total. The molecular weight excluding hydrogens is 334 g/mol. The number of pyridine rings is 2. The quantitative estimate of drug-likeness (QED) is 0.514. The first kappa shape index (κ1) is 15.3. The standard InChI is InChI=1S/C18H15N5OS/c19-17(24)15-6-12(10-25-15)14-7-16(23-18-13(14)3-5-21-18)22-9-11-2-1-4-20-8-11/h1-8,10H,9H2,(H2,19,24)(H2,21,22,23). The van der Waals surface area contributed by atoms with Crippen LogP contribution in [0.15, 0.2) is 54.3 Å². The fraction of sp³-hybridized carbons (Fsp3) is 0.0556. The molecule has 25 heavy (non-hydrogen) atoms. The van der Waals surface area contributed by atoms with E-state index in [1.54, 1.807) is 6.20 Å². The van der Waals surface area contributed by atoms with E-state index < -0.39 is 5.91 Å². The van der Waals surface area contributed by atoms with Gasteiger partial charge in [0.1, 0.15) is 11.5 Å². The van der Waals surface area contributed by atoms with Crippen LogP contribution in [0.4, 0.5) is 5.82 Å². The number of nitrogens with two attached hydrogens (primary N) is 1. The maximum absolute atomic E-state index is 11.4. The Morgan fingerprint density at radius 3 is 3.00 bits per heavy atom. The molecule has 0 bridgehead atoms. The molecule has 0 saturated heterocycles. The summed E-state index contributed by atoms with van der Waals surface area (Å²) in [5, 5.41) is 6.26. The molecule has 0 aliphatic carbocycles. The molecule has 124 valence electrons. The molecule has 0 spiro atoms. The van der Waals surface area contributed by atoms with Crippen molar-refractivity contribution in [1.29, 1.82) is 0 Å². The van der Waals surface area contributed by atoms with E-state index in [4.69, 9.17) is 5.73 Å². The van der Waals surface area contributed by atoms with E-state index in [1.807, 2.05) is 48.1 Å². The van der Waals surface area contributed by atoms with Gasteiger partial charge in [0.25, 0.3) is 5.91 Å². The lowest BCUT2D eigenvalue weighted by atomic mass is 10.1. The topological polar surface area (TPSA) is 96.7 Å². The fourth-order valence-corrected chi connectivity index (χ4v) is 3.43. The molecule has 4 aromatic rings. The number of anilines is 1. The highest BCUT2D eigenvalue weighted by Gasteiger charge is 2.12. The number of carbonyl (C=O) groups excluding carboxylic acids is 1. The van der Waals surface area contributed by atoms with Gasteiger partial charge in [0.05, 0.1) is 4.88 Å². The first-order chi connectivity index (χ1) is 12.2. The number of nitrogens with zero attached hydrogens (tertiary/aromatic N) is 2. The highest BCUT2D eigenvalue weighted by atomic mass is 32.1. The monoisotopic (exact) mass is 349 g/mol. The molecule has 7 heteroatoms. The smallest absolute Gasteiger partial charge is 0.258 e. The van der Waals surface area contributed by atoms with Crippen LogP contribution in [0.1, 0.15) is 15.2 Å². The third-order valence-electron chi connectivity index (χ3n) is 3.88. The summed E-state index contributed by atoms with van der Waals surface area (Å²) in [6, 6.07) is 9.69. The first-order valence-electron chi connectivity index (χ1n) is 7.70. The van der Waals surface area contributed by atoms with Crippen molar-refractivity contribution in [1.82, 2.24) is 15.0 Å². The Labute approximate surface area is 147 Å². The summed E-state index contributed by atoms with van der Waals surface area (Å²) in [7, 11) is 0. The third kappa shape index (κ3) is 3.09. The number of thiophene rings is 1. The Balaban J connectivity index is 1.70. The summed E-state index contributed by atoms with van der Waals surface area (Å²) in [6.45, 7) is 0.628. The van der Waals surface area contributed by atoms with E-state index in [0.29, 0.717) is 11.4 Å². The van der Waals surface area contributed by atoms with Crippen molar-refractivity contribution in [3.8, 4) is 11.1 Å². The van der Waals surface area contributed by atoms with E-state index in [9.17, 15) is 4.79 Å². The van der Waals surface area contributed by atoms with Crippen LogP contribution < -0.4 is 11.1 Å². The molecule has 4 rings (SSSR count). The lowest BCUT2D eigenvalue weighted by molar-refractivity contribution is 0.100. The van der Waals surface area contributed by atoms with E-state index in [-0.39, 0.29) is 0 Å². The number of aromatic nitrogens is 3. The van der Waals surface area contributed by atoms with E-state index in [1.165, 1.54) is 11.3 Å². The zero-order valence-electron chi connectivity index (χ0n) is 13.2. The minimum atomic E-state index is -0.412. The lowest BCUT2D eigenvalue weighted by Gasteiger charge is -2.08. The largest absolute Gasteiger partial charge is 0.366 e. The van der Waals surface area contributed by atoms with Crippen molar-refractivity contribution in [3.05, 3.63) is 64.7 Å². The van der Waals surface area contributed by atoms with Gasteiger partial charge in [0.15, 0.2) is 0 Å². The third-order valence-corrected chi connectivity index (χ3v) is 4.82. The van der Waals surface area contributed by atoms with Gasteiger partial charge in [-0.15, -0.1) is 11.3 Å². The molecule has 0 aromatic carbocycles. The molecule has 4 aromatic heterocycles. The Hall–Kier alpha value is -3.19. The minimum absolute atomic E-state index is 0.412. The zero-order chi connectivity index (χ0) is 17.2. The fourth-order valence-electron chi connectivity index (χ4n) is 2.67. The highest BCUT2D eigenvalue weighted by molar-refractivity contribution is 7.12. The number of aromatic amines is 1. The van der Waals surface area contributed by atoms with E-state index in [2.05, 4.69) is 20.3 Å². The Bertz CT molecular complexity index is 1040. The van der Waals surface area contributed by atoms with Gasteiger partial charge in [-0.2, -0.15) is 0 Å². The normalized spacial score (nSPS) is 10.9. The van der Waals surface area contributed by atoms with Crippen molar-refractivity contribution in [2.45, 2.75) is 6.54 Å². The predicted octanol–water partition coefficient (Wildman–Crippen LogP) is 3.40. The lowest BCUT2D eigenvalue weighted by Crippen LogP contribution is -2.08. The summed E-state index contributed by atoms with van der Waals surface area (Å²) in [5.41, 5.74) is 9.19. The van der Waals surface area contributed by atoms with Crippen LogP contribution in [0, 0.1) is 0 Å². The SMILES string of the molecule is NC(=O)c1cc(-c2cc(NCc3cccnc3)nc3[nH]ccc23)cs1. The molecule has 0 saturated carbocycles. The maximum atomic E-state index is 11.4. The number of hydrogen-bond acceptors (Lipinski definition) is 5. The average molecular weight is 349 g/mol. The van der Waals surface area contributed by atoms with Crippen molar-refractivity contribution < 1.29 is 4.79 Å². The molecule has 0 aliphatic rings. The van der Waals surface area contributed by atoms with Crippen molar-refractivity contribution in [2.24, 2.45) is 5.73 Å². The van der Waals surface area contributed by atoms with E-state index in [0.717, 1.165) is 33.5 Å². The molecule has 6 nitrogen and oxygen atoms in total. The van der Waals surface area contributed by atoms with E-state index >= 15 is 0 Å². The second kappa shape index (κ2) is 6.37. The Morgan fingerprint density at radius 2 is 2.24 bits per heavy atom. The number of H-pyrrole nitrogens is 1. The number of rotatable bonds is 5. The van der Waals surface area contributed by atoms with Crippen molar-refractivity contribution >= 4 is 34.1 Å². The Morgan fingerprint density at radius 1 is 1.32 bits per heavy atom. The molecule has 0 radical (unpaired) electrons. The van der Waals surface area contributed by atoms with Crippen LogP contribution in [-0.2, 0) is 6.54 Å². The maximum Gasteiger partial charge on any atom is 0.258 e. The van der Waals surface area contributed by atoms with Gasteiger partial charge in [-0.3, -0.25) is 9.78 Å². The number of hydrogen-bond donors (Lipinski definition) is 3. The molecule has 0 unspecified atom stereocenters. The van der Waals surface area contributed by atoms with Crippen LogP contribution in [0.5, 0.6) is 0 Å². The number of nitrogens with one attached hydrogen (secondary N) is 2. The van der Waals surface area contributed by atoms with Crippen molar-refractivity contribution in [2.75, 3.05) is 5.32 Å². The number of primary amides is 1. The Kier molecular flexibility index (Phi) is 3.91. The van der Waals surface area contributed by atoms with Crippen LogP contribution in [-0.4, -0.2) is 20.9 Å². The molecule has 0 aliphatic heterocycles. The van der Waals surface area contributed by atoms with Gasteiger partial charge in [-0.05, 0) is 46.3 Å². The van der Waals surface area contributed by atoms with Gasteiger partial charge in [0.2, 0.25) is 0 Å². The number of carbonyl (C=O) groups is 1.